The van der Waals surface area contributed by atoms with E-state index in [9.17, 15) is 19.5 Å². The topological polar surface area (TPSA) is 102 Å². The van der Waals surface area contributed by atoms with Gasteiger partial charge in [0.25, 0.3) is 0 Å². The molecule has 8 heteroatoms. The van der Waals surface area contributed by atoms with Gasteiger partial charge in [-0.2, -0.15) is 0 Å². The van der Waals surface area contributed by atoms with Crippen LogP contribution in [-0.2, 0) is 28.6 Å². The highest BCUT2D eigenvalue weighted by Gasteiger charge is 2.72. The number of carboxylic acids is 1. The molecule has 0 aromatic carbocycles. The normalized spacial score (nSPS) is 45.7. The van der Waals surface area contributed by atoms with Crippen LogP contribution in [0.1, 0.15) is 113 Å². The first-order chi connectivity index (χ1) is 21.6. The van der Waals surface area contributed by atoms with Crippen molar-refractivity contribution in [3.63, 3.8) is 0 Å². The van der Waals surface area contributed by atoms with E-state index in [4.69, 9.17) is 14.2 Å². The summed E-state index contributed by atoms with van der Waals surface area (Å²) in [5.74, 6) is 0.908. The van der Waals surface area contributed by atoms with Crippen LogP contribution in [0.5, 0.6) is 0 Å². The van der Waals surface area contributed by atoms with E-state index in [0.717, 1.165) is 77.3 Å². The number of carboxylic acid groups (broad SMARTS) is 1. The van der Waals surface area contributed by atoms with Crippen LogP contribution in [-0.4, -0.2) is 73.5 Å². The minimum Gasteiger partial charge on any atom is -0.481 e. The van der Waals surface area contributed by atoms with Crippen molar-refractivity contribution in [3.05, 3.63) is 0 Å². The SMILES string of the molecule is CC(=O)O[C@@H]1CC[C@@]2(C)C(CC[C@]3(C)C2CCC2C4[C@H](C(C)COC(=O)CN5CCOCC5)CC[C@]4(C(=O)O)CC[C@]23C)C1(C)C. The second kappa shape index (κ2) is 12.0. The third-order valence-electron chi connectivity index (χ3n) is 15.9. The van der Waals surface area contributed by atoms with Crippen LogP contribution in [0, 0.1) is 62.6 Å². The van der Waals surface area contributed by atoms with E-state index in [1.165, 1.54) is 6.92 Å². The summed E-state index contributed by atoms with van der Waals surface area (Å²) in [6.45, 7) is 19.5. The largest absolute Gasteiger partial charge is 0.481 e. The molecule has 0 bridgehead atoms. The van der Waals surface area contributed by atoms with Gasteiger partial charge in [0.2, 0.25) is 0 Å². The fourth-order valence-corrected chi connectivity index (χ4v) is 13.4. The number of esters is 2. The van der Waals surface area contributed by atoms with Crippen LogP contribution in [0.15, 0.2) is 0 Å². The Labute approximate surface area is 277 Å². The van der Waals surface area contributed by atoms with Crippen LogP contribution < -0.4 is 0 Å². The van der Waals surface area contributed by atoms with E-state index in [1.54, 1.807) is 0 Å². The molecule has 5 unspecified atom stereocenters. The van der Waals surface area contributed by atoms with Gasteiger partial charge in [-0.3, -0.25) is 19.3 Å². The highest BCUT2D eigenvalue weighted by molar-refractivity contribution is 5.76. The standard InChI is InChI=1S/C38H61NO7/c1-24(23-45-31(41)22-39-18-20-44-21-19-39)26-10-15-38(33(42)43)17-16-36(6)27(32(26)38)8-9-29-35(5)13-12-30(46-25(2)40)34(3,4)28(35)11-14-37(29,36)7/h24,26-30,32H,8-23H2,1-7H3,(H,42,43)/t24?,26-,27?,28?,29?,30+,32?,35-,36+,37+,38-/m0/s1. The number of morpholine rings is 1. The molecule has 8 nitrogen and oxygen atoms in total. The maximum absolute atomic E-state index is 13.2. The molecule has 1 aliphatic heterocycles. The molecule has 0 aromatic heterocycles. The molecular formula is C38H61NO7. The van der Waals surface area contributed by atoms with E-state index >= 15 is 0 Å². The van der Waals surface area contributed by atoms with Gasteiger partial charge in [0, 0.05) is 25.4 Å². The number of fused-ring (bicyclic) bond motifs is 7. The summed E-state index contributed by atoms with van der Waals surface area (Å²) in [6.07, 6.45) is 9.82. The van der Waals surface area contributed by atoms with Gasteiger partial charge in [0.05, 0.1) is 31.8 Å². The number of carbonyl (C=O) groups is 3. The molecule has 1 saturated heterocycles. The predicted molar refractivity (Wildman–Crippen MR) is 175 cm³/mol. The molecule has 6 rings (SSSR count). The lowest BCUT2D eigenvalue weighted by molar-refractivity contribution is -0.251. The fourth-order valence-electron chi connectivity index (χ4n) is 13.4. The van der Waals surface area contributed by atoms with Crippen molar-refractivity contribution >= 4 is 17.9 Å². The summed E-state index contributed by atoms with van der Waals surface area (Å²) in [7, 11) is 0. The summed E-state index contributed by atoms with van der Waals surface area (Å²) in [5, 5.41) is 10.9. The van der Waals surface area contributed by atoms with Gasteiger partial charge in [-0.25, -0.2) is 0 Å². The number of nitrogens with zero attached hydrogens (tertiary/aromatic N) is 1. The Balaban J connectivity index is 1.23. The van der Waals surface area contributed by atoms with Crippen molar-refractivity contribution in [2.24, 2.45) is 62.6 Å². The van der Waals surface area contributed by atoms with Gasteiger partial charge in [-0.05, 0) is 116 Å². The Hall–Kier alpha value is -1.67. The van der Waals surface area contributed by atoms with Gasteiger partial charge < -0.3 is 19.3 Å². The Bertz CT molecular complexity index is 1200. The van der Waals surface area contributed by atoms with Gasteiger partial charge in [-0.1, -0.05) is 41.5 Å². The molecule has 0 radical (unpaired) electrons. The molecular weight excluding hydrogens is 582 g/mol. The Morgan fingerprint density at radius 3 is 2.26 bits per heavy atom. The van der Waals surface area contributed by atoms with Gasteiger partial charge in [0.15, 0.2) is 0 Å². The molecule has 1 N–H and O–H groups in total. The van der Waals surface area contributed by atoms with Crippen LogP contribution >= 0.6 is 0 Å². The van der Waals surface area contributed by atoms with Crippen molar-refractivity contribution in [2.75, 3.05) is 39.5 Å². The quantitative estimate of drug-likeness (QED) is 0.310. The predicted octanol–water partition coefficient (Wildman–Crippen LogP) is 6.60. The van der Waals surface area contributed by atoms with Gasteiger partial charge in [-0.15, -0.1) is 0 Å². The molecule has 0 amide bonds. The van der Waals surface area contributed by atoms with Crippen molar-refractivity contribution in [2.45, 2.75) is 119 Å². The average Bonchev–Trinajstić information content (AvgIpc) is 3.39. The zero-order valence-corrected chi connectivity index (χ0v) is 29.7. The zero-order chi connectivity index (χ0) is 33.3. The van der Waals surface area contributed by atoms with Crippen molar-refractivity contribution in [1.82, 2.24) is 4.90 Å². The molecule has 0 spiro atoms. The number of ether oxygens (including phenoxy) is 3. The first kappa shape index (κ1) is 34.2. The Kier molecular flexibility index (Phi) is 8.95. The lowest BCUT2D eigenvalue weighted by Gasteiger charge is -2.72. The molecule has 260 valence electrons. The highest BCUT2D eigenvalue weighted by atomic mass is 16.5. The van der Waals surface area contributed by atoms with Gasteiger partial charge in [0.1, 0.15) is 6.10 Å². The lowest BCUT2D eigenvalue weighted by atomic mass is 9.32. The lowest BCUT2D eigenvalue weighted by Crippen LogP contribution is -2.67. The molecule has 6 fully saturated rings. The van der Waals surface area contributed by atoms with E-state index in [2.05, 4.69) is 46.4 Å². The monoisotopic (exact) mass is 643 g/mol. The molecule has 5 saturated carbocycles. The third-order valence-corrected chi connectivity index (χ3v) is 15.9. The minimum absolute atomic E-state index is 0.0334. The third kappa shape index (κ3) is 5.16. The van der Waals surface area contributed by atoms with E-state index < -0.39 is 11.4 Å². The molecule has 5 aliphatic carbocycles. The Morgan fingerprint density at radius 1 is 0.870 bits per heavy atom. The average molecular weight is 644 g/mol. The number of carbonyl (C=O) groups excluding carboxylic acids is 2. The molecule has 1 heterocycles. The van der Waals surface area contributed by atoms with Crippen LogP contribution in [0.2, 0.25) is 0 Å². The number of hydrogen-bond donors (Lipinski definition) is 1. The first-order valence-corrected chi connectivity index (χ1v) is 18.5. The Morgan fingerprint density at radius 2 is 1.59 bits per heavy atom. The minimum atomic E-state index is -0.671. The highest BCUT2D eigenvalue weighted by Crippen LogP contribution is 2.77. The maximum atomic E-state index is 13.2. The van der Waals surface area contributed by atoms with E-state index in [-0.39, 0.29) is 57.5 Å². The maximum Gasteiger partial charge on any atom is 0.320 e. The number of aliphatic carboxylic acids is 1. The summed E-state index contributed by atoms with van der Waals surface area (Å²) in [4.78, 5) is 40.1. The van der Waals surface area contributed by atoms with Crippen molar-refractivity contribution in [3.8, 4) is 0 Å². The van der Waals surface area contributed by atoms with Crippen molar-refractivity contribution < 1.29 is 33.7 Å². The zero-order valence-electron chi connectivity index (χ0n) is 29.7. The second-order valence-corrected chi connectivity index (χ2v) is 17.9. The number of rotatable bonds is 7. The van der Waals surface area contributed by atoms with E-state index in [0.29, 0.717) is 44.1 Å². The smallest absolute Gasteiger partial charge is 0.320 e. The van der Waals surface area contributed by atoms with E-state index in [1.807, 2.05) is 0 Å². The van der Waals surface area contributed by atoms with Crippen LogP contribution in [0.25, 0.3) is 0 Å². The summed E-state index contributed by atoms with van der Waals surface area (Å²) in [5.41, 5.74) is -0.403. The van der Waals surface area contributed by atoms with Gasteiger partial charge >= 0.3 is 17.9 Å². The summed E-state index contributed by atoms with van der Waals surface area (Å²) >= 11 is 0. The molecule has 46 heavy (non-hydrogen) atoms. The van der Waals surface area contributed by atoms with Crippen LogP contribution in [0.3, 0.4) is 0 Å². The fraction of sp³-hybridized carbons (Fsp3) is 0.921. The van der Waals surface area contributed by atoms with Crippen LogP contribution in [0.4, 0.5) is 0 Å². The molecule has 0 aromatic rings. The first-order valence-electron chi connectivity index (χ1n) is 18.5. The van der Waals surface area contributed by atoms with Crippen molar-refractivity contribution in [1.29, 1.82) is 0 Å². The second-order valence-electron chi connectivity index (χ2n) is 17.9. The number of hydrogen-bond acceptors (Lipinski definition) is 7. The summed E-state index contributed by atoms with van der Waals surface area (Å²) < 4.78 is 17.2. The molecule has 6 aliphatic rings. The summed E-state index contributed by atoms with van der Waals surface area (Å²) in [6, 6.07) is 0. The molecule has 11 atom stereocenters.